The van der Waals surface area contributed by atoms with Crippen molar-refractivity contribution in [1.29, 1.82) is 0 Å². The van der Waals surface area contributed by atoms with Crippen LogP contribution < -0.4 is 0 Å². The molecule has 3 atom stereocenters. The van der Waals surface area contributed by atoms with Gasteiger partial charge >= 0.3 is 0 Å². The predicted octanol–water partition coefficient (Wildman–Crippen LogP) is 2.88. The van der Waals surface area contributed by atoms with Crippen LogP contribution in [0.3, 0.4) is 0 Å². The van der Waals surface area contributed by atoms with Crippen LogP contribution in [0.1, 0.15) is 33.6 Å². The van der Waals surface area contributed by atoms with Gasteiger partial charge in [0.15, 0.2) is 0 Å². The molecule has 0 aromatic carbocycles. The van der Waals surface area contributed by atoms with Crippen LogP contribution in [0.4, 0.5) is 0 Å². The molecular weight excluding hydrogens is 186 g/mol. The quantitative estimate of drug-likeness (QED) is 0.365. The molecule has 2 fully saturated rings. The van der Waals surface area contributed by atoms with Gasteiger partial charge in [0.05, 0.1) is 5.71 Å². The summed E-state index contributed by atoms with van der Waals surface area (Å²) in [6.45, 7) is 6.60. The Bertz CT molecular complexity index is 274. The van der Waals surface area contributed by atoms with Crippen molar-refractivity contribution in [2.75, 3.05) is 0 Å². The average molecular weight is 202 g/mol. The van der Waals surface area contributed by atoms with Crippen LogP contribution in [0.25, 0.3) is 0 Å². The second kappa shape index (κ2) is 2.41. The zero-order valence-corrected chi connectivity index (χ0v) is 9.10. The van der Waals surface area contributed by atoms with Crippen molar-refractivity contribution < 1.29 is 5.21 Å². The van der Waals surface area contributed by atoms with Gasteiger partial charge in [0.2, 0.25) is 0 Å². The first-order chi connectivity index (χ1) is 5.94. The van der Waals surface area contributed by atoms with Crippen LogP contribution in [0.15, 0.2) is 5.16 Å². The van der Waals surface area contributed by atoms with Crippen LogP contribution in [-0.2, 0) is 0 Å². The van der Waals surface area contributed by atoms with E-state index in [1.807, 2.05) is 0 Å². The van der Waals surface area contributed by atoms with Gasteiger partial charge in [0, 0.05) is 10.8 Å². The van der Waals surface area contributed by atoms with Gasteiger partial charge in [0.25, 0.3) is 0 Å². The summed E-state index contributed by atoms with van der Waals surface area (Å²) in [5, 5.41) is 12.5. The molecule has 0 radical (unpaired) electrons. The zero-order valence-electron chi connectivity index (χ0n) is 8.34. The van der Waals surface area contributed by atoms with Crippen LogP contribution in [0.2, 0.25) is 0 Å². The molecule has 0 spiro atoms. The predicted molar refractivity (Wildman–Crippen MR) is 53.5 cm³/mol. The fourth-order valence-corrected chi connectivity index (χ4v) is 3.71. The lowest BCUT2D eigenvalue weighted by Gasteiger charge is -2.36. The lowest BCUT2D eigenvalue weighted by Crippen LogP contribution is -2.39. The molecule has 0 aromatic rings. The minimum absolute atomic E-state index is 0.103. The molecule has 0 amide bonds. The van der Waals surface area contributed by atoms with E-state index in [4.69, 9.17) is 16.8 Å². The third-order valence-electron chi connectivity index (χ3n) is 4.64. The van der Waals surface area contributed by atoms with E-state index in [1.165, 1.54) is 0 Å². The Morgan fingerprint density at radius 2 is 2.08 bits per heavy atom. The summed E-state index contributed by atoms with van der Waals surface area (Å²) in [4.78, 5) is 0. The van der Waals surface area contributed by atoms with Crippen LogP contribution in [0.5, 0.6) is 0 Å². The highest BCUT2D eigenvalue weighted by Crippen LogP contribution is 2.65. The first-order valence-electron chi connectivity index (χ1n) is 4.80. The molecule has 0 aromatic heterocycles. The second-order valence-corrected chi connectivity index (χ2v) is 5.60. The summed E-state index contributed by atoms with van der Waals surface area (Å²) in [6, 6.07) is 0. The van der Waals surface area contributed by atoms with Crippen LogP contribution in [0, 0.1) is 16.7 Å². The van der Waals surface area contributed by atoms with Gasteiger partial charge < -0.3 is 5.21 Å². The van der Waals surface area contributed by atoms with Crippen molar-refractivity contribution >= 4 is 17.3 Å². The number of nitrogens with zero attached hydrogens (tertiary/aromatic N) is 1. The Balaban J connectivity index is 2.51. The van der Waals surface area contributed by atoms with E-state index in [1.54, 1.807) is 0 Å². The average Bonchev–Trinajstić information content (AvgIpc) is 2.34. The minimum atomic E-state index is -0.103. The molecule has 2 rings (SSSR count). The molecule has 0 saturated heterocycles. The Labute approximate surface area is 84.0 Å². The summed E-state index contributed by atoms with van der Waals surface area (Å²) < 4.78 is 0. The highest BCUT2D eigenvalue weighted by atomic mass is 35.5. The Hall–Kier alpha value is -0.240. The molecule has 2 nitrogen and oxygen atoms in total. The van der Waals surface area contributed by atoms with Crippen molar-refractivity contribution in [2.45, 2.75) is 39.0 Å². The first-order valence-corrected chi connectivity index (χ1v) is 5.23. The lowest BCUT2D eigenvalue weighted by atomic mass is 9.70. The molecule has 2 bridgehead atoms. The summed E-state index contributed by atoms with van der Waals surface area (Å²) >= 11 is 6.32. The molecule has 3 unspecified atom stereocenters. The van der Waals surface area contributed by atoms with E-state index in [0.717, 1.165) is 18.6 Å². The third-order valence-corrected chi connectivity index (χ3v) is 5.25. The number of hydrogen-bond donors (Lipinski definition) is 1. The smallest absolute Gasteiger partial charge is 0.0652 e. The number of alkyl halides is 1. The summed E-state index contributed by atoms with van der Waals surface area (Å²) in [5.41, 5.74) is 0.975. The van der Waals surface area contributed by atoms with Gasteiger partial charge in [-0.2, -0.15) is 0 Å². The van der Waals surface area contributed by atoms with Crippen molar-refractivity contribution in [3.63, 3.8) is 0 Å². The van der Waals surface area contributed by atoms with E-state index in [0.29, 0.717) is 5.92 Å². The number of oxime groups is 1. The number of hydrogen-bond acceptors (Lipinski definition) is 2. The van der Waals surface area contributed by atoms with Gasteiger partial charge in [0.1, 0.15) is 0 Å². The largest absolute Gasteiger partial charge is 0.411 e. The normalized spacial score (nSPS) is 50.3. The van der Waals surface area contributed by atoms with Gasteiger partial charge in [-0.05, 0) is 24.2 Å². The standard InChI is InChI=1S/C10H16ClNO/c1-9(2)6-4-7(11)10(9,3)8(5-6)12-13/h6-7,13H,4-5H2,1-3H3. The maximum atomic E-state index is 8.93. The molecule has 2 aliphatic carbocycles. The van der Waals surface area contributed by atoms with E-state index >= 15 is 0 Å². The maximum Gasteiger partial charge on any atom is 0.0652 e. The van der Waals surface area contributed by atoms with E-state index in [2.05, 4.69) is 25.9 Å². The van der Waals surface area contributed by atoms with E-state index in [-0.39, 0.29) is 16.2 Å². The molecular formula is C10H16ClNO. The highest BCUT2D eigenvalue weighted by Gasteiger charge is 2.64. The molecule has 74 valence electrons. The maximum absolute atomic E-state index is 8.93. The van der Waals surface area contributed by atoms with Crippen molar-refractivity contribution in [3.8, 4) is 0 Å². The van der Waals surface area contributed by atoms with Gasteiger partial charge in [-0.1, -0.05) is 25.9 Å². The summed E-state index contributed by atoms with van der Waals surface area (Å²) in [6.07, 6.45) is 1.98. The fraction of sp³-hybridized carbons (Fsp3) is 0.900. The van der Waals surface area contributed by atoms with E-state index in [9.17, 15) is 0 Å². The Morgan fingerprint density at radius 3 is 2.38 bits per heavy atom. The van der Waals surface area contributed by atoms with Gasteiger partial charge in [-0.15, -0.1) is 11.6 Å². The monoisotopic (exact) mass is 201 g/mol. The number of rotatable bonds is 0. The fourth-order valence-electron chi connectivity index (χ4n) is 3.09. The van der Waals surface area contributed by atoms with Crippen molar-refractivity contribution in [1.82, 2.24) is 0 Å². The topological polar surface area (TPSA) is 32.6 Å². The highest BCUT2D eigenvalue weighted by molar-refractivity contribution is 6.24. The van der Waals surface area contributed by atoms with Gasteiger partial charge in [-0.3, -0.25) is 0 Å². The number of halogens is 1. The minimum Gasteiger partial charge on any atom is -0.411 e. The van der Waals surface area contributed by atoms with Crippen molar-refractivity contribution in [2.24, 2.45) is 21.9 Å². The molecule has 2 saturated carbocycles. The summed E-state index contributed by atoms with van der Waals surface area (Å²) in [5.74, 6) is 0.589. The molecule has 2 aliphatic rings. The van der Waals surface area contributed by atoms with E-state index < -0.39 is 0 Å². The molecule has 13 heavy (non-hydrogen) atoms. The molecule has 3 heteroatoms. The van der Waals surface area contributed by atoms with Gasteiger partial charge in [-0.25, -0.2) is 0 Å². The second-order valence-electron chi connectivity index (χ2n) is 5.08. The van der Waals surface area contributed by atoms with Crippen molar-refractivity contribution in [3.05, 3.63) is 0 Å². The SMILES string of the molecule is CC1(C)C2CC(=NO)C1(C)C(Cl)C2. The first kappa shape index (κ1) is 9.32. The lowest BCUT2D eigenvalue weighted by molar-refractivity contribution is 0.192. The molecule has 0 heterocycles. The summed E-state index contributed by atoms with van der Waals surface area (Å²) in [7, 11) is 0. The molecule has 1 N–H and O–H groups in total. The molecule has 0 aliphatic heterocycles. The zero-order chi connectivity index (χ0) is 9.85. The van der Waals surface area contributed by atoms with Crippen LogP contribution in [-0.4, -0.2) is 16.3 Å². The Kier molecular flexibility index (Phi) is 1.73. The third kappa shape index (κ3) is 0.829. The Morgan fingerprint density at radius 1 is 1.46 bits per heavy atom. The number of fused-ring (bicyclic) bond motifs is 2. The van der Waals surface area contributed by atoms with Crippen LogP contribution >= 0.6 is 11.6 Å².